The van der Waals surface area contributed by atoms with E-state index in [2.05, 4.69) is 38.1 Å². The van der Waals surface area contributed by atoms with E-state index in [1.165, 1.54) is 17.2 Å². The van der Waals surface area contributed by atoms with E-state index < -0.39 is 0 Å². The minimum Gasteiger partial charge on any atom is -0.330 e. The van der Waals surface area contributed by atoms with Gasteiger partial charge in [-0.15, -0.1) is 0 Å². The third-order valence-corrected chi connectivity index (χ3v) is 3.54. The quantitative estimate of drug-likeness (QED) is 0.889. The molecule has 19 heavy (non-hydrogen) atoms. The van der Waals surface area contributed by atoms with Gasteiger partial charge < -0.3 is 5.73 Å². The number of rotatable bonds is 4. The Hall–Kier alpha value is -1.67. The highest BCUT2D eigenvalue weighted by atomic mass is 19.1. The predicted molar refractivity (Wildman–Crippen MR) is 77.7 cm³/mol. The maximum atomic E-state index is 13.1. The lowest BCUT2D eigenvalue weighted by atomic mass is 9.84. The molecule has 0 atom stereocenters. The lowest BCUT2D eigenvalue weighted by molar-refractivity contribution is 0.539. The van der Waals surface area contributed by atoms with Crippen molar-refractivity contribution in [2.24, 2.45) is 5.73 Å². The first kappa shape index (κ1) is 13.8. The van der Waals surface area contributed by atoms with Crippen LogP contribution in [0.2, 0.25) is 0 Å². The van der Waals surface area contributed by atoms with Crippen LogP contribution in [0.3, 0.4) is 0 Å². The van der Waals surface area contributed by atoms with Crippen molar-refractivity contribution in [2.75, 3.05) is 6.54 Å². The van der Waals surface area contributed by atoms with Gasteiger partial charge in [0.2, 0.25) is 0 Å². The van der Waals surface area contributed by atoms with Gasteiger partial charge in [-0.3, -0.25) is 0 Å². The van der Waals surface area contributed by atoms with Crippen molar-refractivity contribution in [1.29, 1.82) is 0 Å². The molecule has 1 nitrogen and oxygen atoms in total. The number of hydrogen-bond acceptors (Lipinski definition) is 1. The zero-order valence-corrected chi connectivity index (χ0v) is 11.5. The van der Waals surface area contributed by atoms with E-state index in [4.69, 9.17) is 5.73 Å². The molecule has 0 spiro atoms. The van der Waals surface area contributed by atoms with Crippen LogP contribution in [0.25, 0.3) is 0 Å². The fraction of sp³-hybridized carbons (Fsp3) is 0.294. The molecule has 0 aliphatic carbocycles. The lowest BCUT2D eigenvalue weighted by Crippen LogP contribution is -2.27. The zero-order chi connectivity index (χ0) is 13.9. The Kier molecular flexibility index (Phi) is 4.01. The van der Waals surface area contributed by atoms with Crippen LogP contribution < -0.4 is 5.73 Å². The monoisotopic (exact) mass is 257 g/mol. The molecule has 0 unspecified atom stereocenters. The molecule has 100 valence electrons. The number of halogens is 1. The summed E-state index contributed by atoms with van der Waals surface area (Å²) in [4.78, 5) is 0. The van der Waals surface area contributed by atoms with Crippen LogP contribution in [-0.2, 0) is 11.8 Å². The lowest BCUT2D eigenvalue weighted by Gasteiger charge is -2.23. The third-order valence-electron chi connectivity index (χ3n) is 3.54. The summed E-state index contributed by atoms with van der Waals surface area (Å²) >= 11 is 0. The molecule has 0 aliphatic rings. The Morgan fingerprint density at radius 3 is 2.26 bits per heavy atom. The van der Waals surface area contributed by atoms with Crippen molar-refractivity contribution in [3.05, 3.63) is 71.0 Å². The Morgan fingerprint density at radius 2 is 1.68 bits per heavy atom. The highest BCUT2D eigenvalue weighted by molar-refractivity contribution is 5.32. The maximum Gasteiger partial charge on any atom is 0.123 e. The minimum atomic E-state index is -0.182. The number of nitrogens with two attached hydrogens (primary N) is 1. The second-order valence-corrected chi connectivity index (χ2v) is 5.59. The Bertz CT molecular complexity index is 543. The minimum absolute atomic E-state index is 0.00259. The number of hydrogen-bond donors (Lipinski definition) is 1. The van der Waals surface area contributed by atoms with Crippen LogP contribution >= 0.6 is 0 Å². The van der Waals surface area contributed by atoms with Crippen LogP contribution in [-0.4, -0.2) is 6.54 Å². The van der Waals surface area contributed by atoms with E-state index >= 15 is 0 Å². The summed E-state index contributed by atoms with van der Waals surface area (Å²) in [5.74, 6) is -0.182. The SMILES string of the molecule is CC(C)(CN)c1ccc(Cc2cccc(F)c2)cc1. The van der Waals surface area contributed by atoms with Crippen LogP contribution in [0.4, 0.5) is 4.39 Å². The second-order valence-electron chi connectivity index (χ2n) is 5.59. The fourth-order valence-electron chi connectivity index (χ4n) is 2.07. The van der Waals surface area contributed by atoms with Gasteiger partial charge in [-0.25, -0.2) is 4.39 Å². The van der Waals surface area contributed by atoms with Gasteiger partial charge in [0.1, 0.15) is 5.82 Å². The van der Waals surface area contributed by atoms with E-state index in [9.17, 15) is 4.39 Å². The van der Waals surface area contributed by atoms with Gasteiger partial charge in [-0.1, -0.05) is 50.2 Å². The van der Waals surface area contributed by atoms with E-state index in [1.54, 1.807) is 12.1 Å². The topological polar surface area (TPSA) is 26.0 Å². The zero-order valence-electron chi connectivity index (χ0n) is 11.5. The molecule has 2 rings (SSSR count). The molecule has 0 radical (unpaired) electrons. The van der Waals surface area contributed by atoms with Crippen molar-refractivity contribution in [3.63, 3.8) is 0 Å². The van der Waals surface area contributed by atoms with E-state index in [0.29, 0.717) is 6.54 Å². The predicted octanol–water partition coefficient (Wildman–Crippen LogP) is 3.65. The normalized spacial score (nSPS) is 11.6. The van der Waals surface area contributed by atoms with E-state index in [0.717, 1.165) is 12.0 Å². The van der Waals surface area contributed by atoms with Gasteiger partial charge in [-0.2, -0.15) is 0 Å². The Morgan fingerprint density at radius 1 is 1.00 bits per heavy atom. The summed E-state index contributed by atoms with van der Waals surface area (Å²) in [5, 5.41) is 0. The summed E-state index contributed by atoms with van der Waals surface area (Å²) < 4.78 is 13.1. The van der Waals surface area contributed by atoms with E-state index in [-0.39, 0.29) is 11.2 Å². The van der Waals surface area contributed by atoms with Crippen LogP contribution in [0.5, 0.6) is 0 Å². The molecule has 0 bridgehead atoms. The molecular weight excluding hydrogens is 237 g/mol. The molecule has 2 heteroatoms. The van der Waals surface area contributed by atoms with Crippen molar-refractivity contribution in [1.82, 2.24) is 0 Å². The van der Waals surface area contributed by atoms with Gasteiger partial charge in [0, 0.05) is 12.0 Å². The smallest absolute Gasteiger partial charge is 0.123 e. The average molecular weight is 257 g/mol. The van der Waals surface area contributed by atoms with Gasteiger partial charge >= 0.3 is 0 Å². The molecule has 0 aliphatic heterocycles. The van der Waals surface area contributed by atoms with Crippen molar-refractivity contribution in [3.8, 4) is 0 Å². The third kappa shape index (κ3) is 3.42. The van der Waals surface area contributed by atoms with Gasteiger partial charge in [-0.05, 0) is 35.2 Å². The molecular formula is C17H20FN. The summed E-state index contributed by atoms with van der Waals surface area (Å²) in [5.41, 5.74) is 9.18. The van der Waals surface area contributed by atoms with Crippen LogP contribution in [0, 0.1) is 5.82 Å². The Labute approximate surface area is 114 Å². The fourth-order valence-corrected chi connectivity index (χ4v) is 2.07. The van der Waals surface area contributed by atoms with E-state index in [1.807, 2.05) is 6.07 Å². The first-order valence-corrected chi connectivity index (χ1v) is 6.55. The van der Waals surface area contributed by atoms with Gasteiger partial charge in [0.05, 0.1) is 0 Å². The largest absolute Gasteiger partial charge is 0.330 e. The standard InChI is InChI=1S/C17H20FN/c1-17(2,12-19)15-8-6-13(7-9-15)10-14-4-3-5-16(18)11-14/h3-9,11H,10,12,19H2,1-2H3. The first-order chi connectivity index (χ1) is 9.01. The van der Waals surface area contributed by atoms with Crippen LogP contribution in [0.15, 0.2) is 48.5 Å². The number of benzene rings is 2. The molecule has 2 N–H and O–H groups in total. The highest BCUT2D eigenvalue weighted by Crippen LogP contribution is 2.22. The van der Waals surface area contributed by atoms with Gasteiger partial charge in [0.25, 0.3) is 0 Å². The first-order valence-electron chi connectivity index (χ1n) is 6.55. The molecule has 0 aromatic heterocycles. The molecule has 0 saturated carbocycles. The summed E-state index contributed by atoms with van der Waals surface area (Å²) in [6.45, 7) is 4.89. The maximum absolute atomic E-state index is 13.1. The molecule has 0 fully saturated rings. The summed E-state index contributed by atoms with van der Waals surface area (Å²) in [6, 6.07) is 15.2. The summed E-state index contributed by atoms with van der Waals surface area (Å²) in [7, 11) is 0. The molecule has 2 aromatic carbocycles. The second kappa shape index (κ2) is 5.54. The molecule has 0 amide bonds. The summed E-state index contributed by atoms with van der Waals surface area (Å²) in [6.07, 6.45) is 0.751. The van der Waals surface area contributed by atoms with Crippen molar-refractivity contribution in [2.45, 2.75) is 25.7 Å². The van der Waals surface area contributed by atoms with Gasteiger partial charge in [0.15, 0.2) is 0 Å². The van der Waals surface area contributed by atoms with Crippen molar-refractivity contribution < 1.29 is 4.39 Å². The van der Waals surface area contributed by atoms with Crippen molar-refractivity contribution >= 4 is 0 Å². The molecule has 0 heterocycles. The average Bonchev–Trinajstić information content (AvgIpc) is 2.39. The van der Waals surface area contributed by atoms with Crippen LogP contribution in [0.1, 0.15) is 30.5 Å². The Balaban J connectivity index is 2.15. The highest BCUT2D eigenvalue weighted by Gasteiger charge is 2.17. The molecule has 0 saturated heterocycles. The molecule has 2 aromatic rings.